The van der Waals surface area contributed by atoms with E-state index in [9.17, 15) is 14.4 Å². The van der Waals surface area contributed by atoms with E-state index in [4.69, 9.17) is 15.3 Å². The number of carbonyl (C=O) groups excluding carboxylic acids is 3. The smallest absolute Gasteiger partial charge is 0.289 e. The van der Waals surface area contributed by atoms with Crippen LogP contribution in [0, 0.1) is 0 Å². The molecule has 7 nitrogen and oxygen atoms in total. The number of benzene rings is 1. The van der Waals surface area contributed by atoms with Gasteiger partial charge in [-0.05, 0) is 25.5 Å². The minimum Gasteiger partial charge on any atom is -0.483 e. The summed E-state index contributed by atoms with van der Waals surface area (Å²) in [5, 5.41) is 0.507. The molecule has 0 atom stereocenters. The lowest BCUT2D eigenvalue weighted by Gasteiger charge is -2.09. The van der Waals surface area contributed by atoms with Gasteiger partial charge in [-0.15, -0.1) is 11.3 Å². The lowest BCUT2D eigenvalue weighted by molar-refractivity contribution is -0.135. The third kappa shape index (κ3) is 3.72. The van der Waals surface area contributed by atoms with Gasteiger partial charge >= 0.3 is 0 Å². The van der Waals surface area contributed by atoms with Gasteiger partial charge in [0.2, 0.25) is 0 Å². The summed E-state index contributed by atoms with van der Waals surface area (Å²) < 4.78 is 6.31. The molecule has 1 heterocycles. The number of nitrogens with two attached hydrogens (primary N) is 1. The molecule has 0 aliphatic heterocycles. The molecule has 0 fully saturated rings. The Morgan fingerprint density at radius 2 is 2.00 bits per heavy atom. The summed E-state index contributed by atoms with van der Waals surface area (Å²) in [6.45, 7) is 3.68. The van der Waals surface area contributed by atoms with Crippen LogP contribution >= 0.6 is 11.3 Å². The fraction of sp³-hybridized carbons (Fsp3) is 0.312. The first-order valence-electron chi connectivity index (χ1n) is 7.41. The molecule has 8 heteroatoms. The predicted molar refractivity (Wildman–Crippen MR) is 90.0 cm³/mol. The lowest BCUT2D eigenvalue weighted by atomic mass is 10.0. The number of ketones is 1. The van der Waals surface area contributed by atoms with Gasteiger partial charge in [-0.1, -0.05) is 13.0 Å². The van der Waals surface area contributed by atoms with Gasteiger partial charge in [0.1, 0.15) is 5.75 Å². The van der Waals surface area contributed by atoms with Crippen LogP contribution in [0.5, 0.6) is 5.75 Å². The van der Waals surface area contributed by atoms with Gasteiger partial charge in [-0.25, -0.2) is 5.48 Å². The second kappa shape index (κ2) is 7.89. The van der Waals surface area contributed by atoms with Crippen LogP contribution in [0.1, 0.15) is 29.1 Å². The summed E-state index contributed by atoms with van der Waals surface area (Å²) in [6, 6.07) is 5.22. The molecule has 0 aliphatic carbocycles. The van der Waals surface area contributed by atoms with E-state index in [1.54, 1.807) is 19.1 Å². The molecular weight excluding hydrogens is 332 g/mol. The first kappa shape index (κ1) is 17.9. The topological polar surface area (TPSA) is 108 Å². The van der Waals surface area contributed by atoms with Gasteiger partial charge in [0.25, 0.3) is 17.6 Å². The molecule has 3 N–H and O–H groups in total. The van der Waals surface area contributed by atoms with Crippen molar-refractivity contribution in [3.8, 4) is 5.75 Å². The number of aryl methyl sites for hydroxylation is 1. The molecule has 0 saturated carbocycles. The molecule has 0 spiro atoms. The van der Waals surface area contributed by atoms with Crippen LogP contribution in [0.4, 0.5) is 0 Å². The number of rotatable bonds is 8. The molecule has 1 aromatic heterocycles. The number of thiophene rings is 1. The normalized spacial score (nSPS) is 10.6. The zero-order chi connectivity index (χ0) is 17.7. The molecule has 128 valence electrons. The van der Waals surface area contributed by atoms with E-state index in [1.807, 2.05) is 13.0 Å². The Labute approximate surface area is 142 Å². The van der Waals surface area contributed by atoms with E-state index in [-0.39, 0.29) is 12.2 Å². The number of hydroxylamine groups is 1. The maximum Gasteiger partial charge on any atom is 0.289 e. The summed E-state index contributed by atoms with van der Waals surface area (Å²) in [7, 11) is 0. The SMILES string of the molecule is CCONC(=O)COc1cccc2sc(CC)c(C(=O)C(N)=O)c12. The Balaban J connectivity index is 2.40. The molecule has 2 amide bonds. The number of nitrogens with one attached hydrogen (secondary N) is 1. The van der Waals surface area contributed by atoms with Crippen LogP contribution in [0.3, 0.4) is 0 Å². The maximum absolute atomic E-state index is 12.2. The highest BCUT2D eigenvalue weighted by molar-refractivity contribution is 7.19. The number of carbonyl (C=O) groups is 3. The van der Waals surface area contributed by atoms with Crippen LogP contribution in [0.25, 0.3) is 10.1 Å². The second-order valence-corrected chi connectivity index (χ2v) is 5.96. The average Bonchev–Trinajstić information content (AvgIpc) is 2.96. The van der Waals surface area contributed by atoms with Crippen LogP contribution in [0.15, 0.2) is 18.2 Å². The van der Waals surface area contributed by atoms with Gasteiger partial charge in [0.15, 0.2) is 6.61 Å². The number of fused-ring (bicyclic) bond motifs is 1. The largest absolute Gasteiger partial charge is 0.483 e. The van der Waals surface area contributed by atoms with Crippen LogP contribution in [0.2, 0.25) is 0 Å². The summed E-state index contributed by atoms with van der Waals surface area (Å²) in [4.78, 5) is 40.7. The van der Waals surface area contributed by atoms with Crippen molar-refractivity contribution in [1.82, 2.24) is 5.48 Å². The molecular formula is C16H18N2O5S. The van der Waals surface area contributed by atoms with Gasteiger partial charge in [-0.2, -0.15) is 0 Å². The predicted octanol–water partition coefficient (Wildman–Crippen LogP) is 1.58. The van der Waals surface area contributed by atoms with Crippen molar-refractivity contribution >= 4 is 39.0 Å². The fourth-order valence-electron chi connectivity index (χ4n) is 2.22. The van der Waals surface area contributed by atoms with Crippen LogP contribution < -0.4 is 16.0 Å². The monoisotopic (exact) mass is 350 g/mol. The third-order valence-electron chi connectivity index (χ3n) is 3.21. The van der Waals surface area contributed by atoms with Gasteiger partial charge in [0.05, 0.1) is 12.2 Å². The molecule has 1 aromatic carbocycles. The summed E-state index contributed by atoms with van der Waals surface area (Å²) >= 11 is 1.40. The Morgan fingerprint density at radius 1 is 1.25 bits per heavy atom. The van der Waals surface area contributed by atoms with Crippen molar-refractivity contribution in [2.75, 3.05) is 13.2 Å². The fourth-order valence-corrected chi connectivity index (χ4v) is 3.38. The number of hydrogen-bond acceptors (Lipinski definition) is 6. The summed E-state index contributed by atoms with van der Waals surface area (Å²) in [5.74, 6) is -1.89. The van der Waals surface area contributed by atoms with Crippen LogP contribution in [-0.4, -0.2) is 30.8 Å². The summed E-state index contributed by atoms with van der Waals surface area (Å²) in [5.41, 5.74) is 7.64. The van der Waals surface area contributed by atoms with Gasteiger partial charge in [0, 0.05) is 15.0 Å². The quantitative estimate of drug-likeness (QED) is 0.427. The molecule has 2 rings (SSSR count). The van der Waals surface area contributed by atoms with E-state index in [0.717, 1.165) is 9.58 Å². The van der Waals surface area contributed by atoms with E-state index in [2.05, 4.69) is 5.48 Å². The second-order valence-electron chi connectivity index (χ2n) is 4.82. The lowest BCUT2D eigenvalue weighted by Crippen LogP contribution is -2.29. The molecule has 0 aliphatic rings. The number of primary amides is 1. The Hall–Kier alpha value is -2.45. The minimum atomic E-state index is -1.02. The van der Waals surface area contributed by atoms with E-state index in [0.29, 0.717) is 24.2 Å². The molecule has 0 saturated heterocycles. The van der Waals surface area contributed by atoms with Crippen molar-refractivity contribution in [3.05, 3.63) is 28.6 Å². The zero-order valence-corrected chi connectivity index (χ0v) is 14.2. The van der Waals surface area contributed by atoms with Crippen molar-refractivity contribution < 1.29 is 24.0 Å². The van der Waals surface area contributed by atoms with Crippen molar-refractivity contribution in [3.63, 3.8) is 0 Å². The number of hydrogen-bond donors (Lipinski definition) is 2. The highest BCUT2D eigenvalue weighted by atomic mass is 32.1. The van der Waals surface area contributed by atoms with Gasteiger partial charge < -0.3 is 10.5 Å². The maximum atomic E-state index is 12.2. The first-order valence-corrected chi connectivity index (χ1v) is 8.23. The van der Waals surface area contributed by atoms with E-state index < -0.39 is 17.6 Å². The zero-order valence-electron chi connectivity index (χ0n) is 13.4. The molecule has 0 radical (unpaired) electrons. The standard InChI is InChI=1S/C16H18N2O5S/c1-3-10-14(15(20)16(17)21)13-9(6-5-7-11(13)24-10)22-8-12(19)18-23-4-2/h5-7H,3-4,8H2,1-2H3,(H2,17,21)(H,18,19). The van der Waals surface area contributed by atoms with Gasteiger partial charge in [-0.3, -0.25) is 19.2 Å². The molecule has 0 unspecified atom stereocenters. The summed E-state index contributed by atoms with van der Waals surface area (Å²) in [6.07, 6.45) is 0.581. The highest BCUT2D eigenvalue weighted by Crippen LogP contribution is 2.38. The van der Waals surface area contributed by atoms with Crippen molar-refractivity contribution in [2.45, 2.75) is 20.3 Å². The average molecular weight is 350 g/mol. The Morgan fingerprint density at radius 3 is 2.62 bits per heavy atom. The molecule has 0 bridgehead atoms. The minimum absolute atomic E-state index is 0.255. The van der Waals surface area contributed by atoms with Crippen LogP contribution in [-0.2, 0) is 20.8 Å². The first-order chi connectivity index (χ1) is 11.5. The molecule has 24 heavy (non-hydrogen) atoms. The number of amides is 2. The third-order valence-corrected chi connectivity index (χ3v) is 4.51. The van der Waals surface area contributed by atoms with Crippen molar-refractivity contribution in [1.29, 1.82) is 0 Å². The molecule has 2 aromatic rings. The number of ether oxygens (including phenoxy) is 1. The Bertz CT molecular complexity index is 784. The highest BCUT2D eigenvalue weighted by Gasteiger charge is 2.24. The number of Topliss-reactive ketones (excluding diaryl/α,β-unsaturated/α-hetero) is 1. The van der Waals surface area contributed by atoms with Crippen molar-refractivity contribution in [2.24, 2.45) is 5.73 Å². The van der Waals surface area contributed by atoms with E-state index >= 15 is 0 Å². The Kier molecular flexibility index (Phi) is 5.88. The van der Waals surface area contributed by atoms with E-state index in [1.165, 1.54) is 11.3 Å².